The van der Waals surface area contributed by atoms with Crippen LogP contribution in [0.4, 0.5) is 0 Å². The van der Waals surface area contributed by atoms with E-state index in [2.05, 4.69) is 26.5 Å². The Bertz CT molecular complexity index is 760. The first kappa shape index (κ1) is 19.2. The molecular formula is C19H23N5O2S. The fraction of sp³-hybridized carbons (Fsp3) is 0.421. The number of hydrogen-bond donors (Lipinski definition) is 1. The third-order valence-corrected chi connectivity index (χ3v) is 5.20. The minimum absolute atomic E-state index is 0.150. The zero-order valence-corrected chi connectivity index (χ0v) is 15.9. The molecule has 2 aromatic rings. The van der Waals surface area contributed by atoms with Crippen LogP contribution in [0.3, 0.4) is 0 Å². The Balaban J connectivity index is 1.90. The number of amides is 2. The van der Waals surface area contributed by atoms with Crippen molar-refractivity contribution in [1.82, 2.24) is 24.8 Å². The predicted octanol–water partition coefficient (Wildman–Crippen LogP) is 2.75. The molecule has 7 nitrogen and oxygen atoms in total. The van der Waals surface area contributed by atoms with E-state index in [0.29, 0.717) is 5.56 Å². The van der Waals surface area contributed by atoms with Crippen LogP contribution in [0.2, 0.25) is 0 Å². The topological polar surface area (TPSA) is 88.1 Å². The highest BCUT2D eigenvalue weighted by atomic mass is 32.1. The molecule has 0 saturated heterocycles. The van der Waals surface area contributed by atoms with Gasteiger partial charge in [0.2, 0.25) is 5.91 Å². The summed E-state index contributed by atoms with van der Waals surface area (Å²) in [5, 5.41) is 8.59. The average Bonchev–Trinajstić information content (AvgIpc) is 3.23. The van der Waals surface area contributed by atoms with Gasteiger partial charge in [-0.3, -0.25) is 14.6 Å². The lowest BCUT2D eigenvalue weighted by atomic mass is 9.94. The third-order valence-electron chi connectivity index (χ3n) is 4.70. The number of nitrogens with one attached hydrogen (secondary N) is 1. The van der Waals surface area contributed by atoms with E-state index >= 15 is 0 Å². The number of carbonyl (C=O) groups excluding carboxylic acids is 2. The minimum Gasteiger partial charge on any atom is -0.351 e. The zero-order chi connectivity index (χ0) is 19.1. The second-order valence-corrected chi connectivity index (χ2v) is 7.17. The van der Waals surface area contributed by atoms with Crippen LogP contribution in [-0.2, 0) is 4.79 Å². The van der Waals surface area contributed by atoms with Gasteiger partial charge in [-0.1, -0.05) is 29.8 Å². The van der Waals surface area contributed by atoms with Gasteiger partial charge in [0.1, 0.15) is 6.04 Å². The molecule has 2 heterocycles. The molecule has 1 atom stereocenters. The van der Waals surface area contributed by atoms with Crippen molar-refractivity contribution in [3.8, 4) is 0 Å². The molecule has 1 unspecified atom stereocenters. The van der Waals surface area contributed by atoms with Crippen LogP contribution in [0.5, 0.6) is 0 Å². The second-order valence-electron chi connectivity index (χ2n) is 6.56. The summed E-state index contributed by atoms with van der Waals surface area (Å²) in [6.45, 7) is 3.97. The predicted molar refractivity (Wildman–Crippen MR) is 103 cm³/mol. The smallest absolute Gasteiger partial charge is 0.276 e. The number of rotatable bonds is 7. The van der Waals surface area contributed by atoms with Crippen molar-refractivity contribution in [3.05, 3.63) is 53.8 Å². The Kier molecular flexibility index (Phi) is 6.64. The maximum atomic E-state index is 13.2. The molecule has 1 aliphatic carbocycles. The van der Waals surface area contributed by atoms with Crippen LogP contribution in [0.15, 0.2) is 42.6 Å². The van der Waals surface area contributed by atoms with E-state index in [9.17, 15) is 9.59 Å². The summed E-state index contributed by atoms with van der Waals surface area (Å²) in [4.78, 5) is 31.7. The van der Waals surface area contributed by atoms with Crippen molar-refractivity contribution in [2.24, 2.45) is 0 Å². The lowest BCUT2D eigenvalue weighted by Gasteiger charge is -2.32. The second kappa shape index (κ2) is 9.36. The summed E-state index contributed by atoms with van der Waals surface area (Å²) in [5.74, 6) is -0.532. The first-order valence-electron chi connectivity index (χ1n) is 9.10. The molecule has 1 aliphatic rings. The molecule has 3 rings (SSSR count). The van der Waals surface area contributed by atoms with E-state index in [-0.39, 0.29) is 30.1 Å². The summed E-state index contributed by atoms with van der Waals surface area (Å²) in [7, 11) is 0. The van der Waals surface area contributed by atoms with E-state index < -0.39 is 6.04 Å². The fourth-order valence-corrected chi connectivity index (χ4v) is 3.83. The van der Waals surface area contributed by atoms with E-state index in [0.717, 1.165) is 37.2 Å². The Morgan fingerprint density at radius 2 is 2.04 bits per heavy atom. The third kappa shape index (κ3) is 4.77. The van der Waals surface area contributed by atoms with Gasteiger partial charge in [-0.05, 0) is 42.1 Å². The molecule has 2 amide bonds. The van der Waals surface area contributed by atoms with Crippen LogP contribution in [0.25, 0.3) is 0 Å². The molecule has 8 heteroatoms. The van der Waals surface area contributed by atoms with E-state index in [1.54, 1.807) is 36.0 Å². The summed E-state index contributed by atoms with van der Waals surface area (Å²) in [6, 6.07) is 2.89. The average molecular weight is 385 g/mol. The number of aromatic nitrogens is 3. The Morgan fingerprint density at radius 3 is 2.67 bits per heavy atom. The van der Waals surface area contributed by atoms with Gasteiger partial charge < -0.3 is 10.2 Å². The highest BCUT2D eigenvalue weighted by Gasteiger charge is 2.33. The van der Waals surface area contributed by atoms with Gasteiger partial charge in [-0.2, -0.15) is 0 Å². The molecule has 142 valence electrons. The highest BCUT2D eigenvalue weighted by molar-refractivity contribution is 7.03. The highest BCUT2D eigenvalue weighted by Crippen LogP contribution is 2.25. The standard InChI is InChI=1S/C19H23N5O2S/c1-2-12-24(19(26)16-13-27-23-22-16)17(14-8-10-20-11-9-14)18(25)21-15-6-4-3-5-7-15/h2,8-11,13,15,17H,1,3-7,12H2,(H,21,25). The normalized spacial score (nSPS) is 15.7. The van der Waals surface area contributed by atoms with Crippen molar-refractivity contribution < 1.29 is 9.59 Å². The molecule has 0 radical (unpaired) electrons. The zero-order valence-electron chi connectivity index (χ0n) is 15.1. The number of hydrogen-bond acceptors (Lipinski definition) is 6. The maximum Gasteiger partial charge on any atom is 0.276 e. The first-order valence-corrected chi connectivity index (χ1v) is 9.93. The molecule has 0 aliphatic heterocycles. The molecule has 0 bridgehead atoms. The molecule has 27 heavy (non-hydrogen) atoms. The van der Waals surface area contributed by atoms with Crippen molar-refractivity contribution >= 4 is 23.3 Å². The van der Waals surface area contributed by atoms with Gasteiger partial charge in [-0.25, -0.2) is 0 Å². The van der Waals surface area contributed by atoms with E-state index in [1.165, 1.54) is 11.3 Å². The molecule has 1 fully saturated rings. The van der Waals surface area contributed by atoms with Crippen LogP contribution in [0.1, 0.15) is 54.2 Å². The molecule has 0 aromatic carbocycles. The van der Waals surface area contributed by atoms with E-state index in [1.807, 2.05) is 0 Å². The van der Waals surface area contributed by atoms with Crippen molar-refractivity contribution in [3.63, 3.8) is 0 Å². The van der Waals surface area contributed by atoms with Crippen LogP contribution in [0, 0.1) is 0 Å². The van der Waals surface area contributed by atoms with Crippen molar-refractivity contribution in [1.29, 1.82) is 0 Å². The van der Waals surface area contributed by atoms with Crippen LogP contribution < -0.4 is 5.32 Å². The van der Waals surface area contributed by atoms with Crippen LogP contribution in [-0.4, -0.2) is 43.9 Å². The van der Waals surface area contributed by atoms with Gasteiger partial charge in [-0.15, -0.1) is 11.7 Å². The SMILES string of the molecule is C=CCN(C(=O)c1csnn1)C(C(=O)NC1CCCCC1)c1ccncc1. The van der Waals surface area contributed by atoms with Crippen molar-refractivity contribution in [2.75, 3.05) is 6.54 Å². The van der Waals surface area contributed by atoms with Gasteiger partial charge in [0.15, 0.2) is 5.69 Å². The van der Waals surface area contributed by atoms with Gasteiger partial charge >= 0.3 is 0 Å². The molecule has 2 aromatic heterocycles. The first-order chi connectivity index (χ1) is 13.2. The molecular weight excluding hydrogens is 362 g/mol. The molecule has 1 saturated carbocycles. The Hall–Kier alpha value is -2.61. The fourth-order valence-electron chi connectivity index (χ4n) is 3.40. The molecule has 0 spiro atoms. The number of pyridine rings is 1. The lowest BCUT2D eigenvalue weighted by Crippen LogP contribution is -2.47. The van der Waals surface area contributed by atoms with Gasteiger partial charge in [0.25, 0.3) is 5.91 Å². The summed E-state index contributed by atoms with van der Waals surface area (Å²) in [5.41, 5.74) is 0.933. The minimum atomic E-state index is -0.776. The van der Waals surface area contributed by atoms with Gasteiger partial charge in [0.05, 0.1) is 0 Å². The van der Waals surface area contributed by atoms with Gasteiger partial charge in [0, 0.05) is 30.4 Å². The lowest BCUT2D eigenvalue weighted by molar-refractivity contribution is -0.126. The quantitative estimate of drug-likeness (QED) is 0.741. The summed E-state index contributed by atoms with van der Waals surface area (Å²) < 4.78 is 3.76. The molecule has 1 N–H and O–H groups in total. The number of carbonyl (C=O) groups is 2. The Morgan fingerprint density at radius 1 is 1.30 bits per heavy atom. The monoisotopic (exact) mass is 385 g/mol. The largest absolute Gasteiger partial charge is 0.351 e. The van der Waals surface area contributed by atoms with E-state index in [4.69, 9.17) is 0 Å². The summed E-state index contributed by atoms with van der Waals surface area (Å²) >= 11 is 1.10. The maximum absolute atomic E-state index is 13.2. The summed E-state index contributed by atoms with van der Waals surface area (Å²) in [6.07, 6.45) is 10.2. The van der Waals surface area contributed by atoms with Crippen molar-refractivity contribution in [2.45, 2.75) is 44.2 Å². The number of nitrogens with zero attached hydrogens (tertiary/aromatic N) is 4. The Labute approximate surface area is 162 Å². The van der Waals surface area contributed by atoms with Crippen LogP contribution >= 0.6 is 11.5 Å².